The van der Waals surface area contributed by atoms with Crippen molar-refractivity contribution < 1.29 is 4.79 Å². The van der Waals surface area contributed by atoms with Crippen LogP contribution in [0.5, 0.6) is 0 Å². The molecule has 0 unspecified atom stereocenters. The third-order valence-corrected chi connectivity index (χ3v) is 3.46. The predicted molar refractivity (Wildman–Crippen MR) is 68.5 cm³/mol. The number of rotatable bonds is 1. The van der Waals surface area contributed by atoms with Gasteiger partial charge >= 0.3 is 0 Å². The fourth-order valence-corrected chi connectivity index (χ4v) is 2.48. The molecule has 1 aliphatic heterocycles. The Hall–Kier alpha value is -1.55. The molecule has 0 atom stereocenters. The maximum atomic E-state index is 12.2. The number of hydrogen-bond acceptors (Lipinski definition) is 1. The van der Waals surface area contributed by atoms with Gasteiger partial charge in [-0.3, -0.25) is 4.79 Å². The van der Waals surface area contributed by atoms with E-state index < -0.39 is 0 Å². The van der Waals surface area contributed by atoms with E-state index in [9.17, 15) is 4.79 Å². The maximum Gasteiger partial charge on any atom is 0.270 e. The van der Waals surface area contributed by atoms with Gasteiger partial charge in [0.2, 0.25) is 0 Å². The lowest BCUT2D eigenvalue weighted by atomic mass is 10.1. The topological polar surface area (TPSA) is 36.1 Å². The van der Waals surface area contributed by atoms with Crippen LogP contribution in [0.2, 0.25) is 0 Å². The number of nitrogens with one attached hydrogen (secondary N) is 1. The van der Waals surface area contributed by atoms with Gasteiger partial charge in [-0.25, -0.2) is 0 Å². The van der Waals surface area contributed by atoms with Gasteiger partial charge in [0.05, 0.1) is 0 Å². The van der Waals surface area contributed by atoms with Crippen LogP contribution in [0.15, 0.2) is 41.0 Å². The Bertz CT molecular complexity index is 551. The fourth-order valence-electron chi connectivity index (χ4n) is 2.14. The minimum absolute atomic E-state index is 0.0481. The number of benzene rings is 1. The third kappa shape index (κ3) is 1.89. The minimum atomic E-state index is 0.0481. The van der Waals surface area contributed by atoms with E-state index in [1.165, 1.54) is 11.1 Å². The molecule has 17 heavy (non-hydrogen) atoms. The molecule has 2 heterocycles. The number of amides is 1. The van der Waals surface area contributed by atoms with Gasteiger partial charge in [0.15, 0.2) is 0 Å². The van der Waals surface area contributed by atoms with Gasteiger partial charge in [0.25, 0.3) is 5.91 Å². The van der Waals surface area contributed by atoms with E-state index in [1.54, 1.807) is 6.20 Å². The number of carbonyl (C=O) groups excluding carboxylic acids is 1. The molecule has 3 nitrogen and oxygen atoms in total. The Morgan fingerprint density at radius 3 is 2.41 bits per heavy atom. The van der Waals surface area contributed by atoms with Crippen LogP contribution in [0.4, 0.5) is 0 Å². The van der Waals surface area contributed by atoms with Crippen LogP contribution in [-0.4, -0.2) is 15.8 Å². The van der Waals surface area contributed by atoms with Gasteiger partial charge in [-0.15, -0.1) is 0 Å². The summed E-state index contributed by atoms with van der Waals surface area (Å²) < 4.78 is 0.901. The molecule has 0 fully saturated rings. The van der Waals surface area contributed by atoms with Gasteiger partial charge in [0, 0.05) is 23.8 Å². The Balaban J connectivity index is 1.83. The van der Waals surface area contributed by atoms with Crippen LogP contribution in [0.3, 0.4) is 0 Å². The lowest BCUT2D eigenvalue weighted by molar-refractivity contribution is 0.0746. The van der Waals surface area contributed by atoms with Crippen LogP contribution in [0, 0.1) is 0 Å². The van der Waals surface area contributed by atoms with E-state index in [2.05, 4.69) is 33.0 Å². The zero-order valence-electron chi connectivity index (χ0n) is 9.11. The Labute approximate surface area is 108 Å². The van der Waals surface area contributed by atoms with Crippen molar-refractivity contribution in [2.75, 3.05) is 0 Å². The van der Waals surface area contributed by atoms with Crippen molar-refractivity contribution in [3.63, 3.8) is 0 Å². The van der Waals surface area contributed by atoms with Gasteiger partial charge in [0.1, 0.15) is 5.69 Å². The van der Waals surface area contributed by atoms with E-state index in [0.717, 1.165) is 4.47 Å². The Kier molecular flexibility index (Phi) is 2.52. The second-order valence-corrected chi connectivity index (χ2v) is 5.08. The molecule has 3 rings (SSSR count). The molecule has 0 aliphatic carbocycles. The highest BCUT2D eigenvalue weighted by Gasteiger charge is 2.24. The van der Waals surface area contributed by atoms with Gasteiger partial charge < -0.3 is 9.88 Å². The summed E-state index contributed by atoms with van der Waals surface area (Å²) >= 11 is 3.34. The van der Waals surface area contributed by atoms with Crippen LogP contribution in [-0.2, 0) is 13.1 Å². The van der Waals surface area contributed by atoms with Crippen molar-refractivity contribution >= 4 is 21.8 Å². The second kappa shape index (κ2) is 4.04. The lowest BCUT2D eigenvalue weighted by Crippen LogP contribution is -2.25. The fraction of sp³-hybridized carbons (Fsp3) is 0.154. The van der Waals surface area contributed by atoms with Crippen molar-refractivity contribution in [2.45, 2.75) is 13.1 Å². The molecule has 0 saturated heterocycles. The number of H-pyrrole nitrogens is 1. The summed E-state index contributed by atoms with van der Waals surface area (Å²) in [7, 11) is 0. The van der Waals surface area contributed by atoms with Crippen molar-refractivity contribution in [3.05, 3.63) is 57.8 Å². The van der Waals surface area contributed by atoms with Crippen molar-refractivity contribution in [1.29, 1.82) is 0 Å². The van der Waals surface area contributed by atoms with E-state index in [-0.39, 0.29) is 5.91 Å². The lowest BCUT2D eigenvalue weighted by Gasteiger charge is -2.13. The molecule has 0 bridgehead atoms. The molecule has 1 aliphatic rings. The van der Waals surface area contributed by atoms with Crippen molar-refractivity contribution in [1.82, 2.24) is 9.88 Å². The smallest absolute Gasteiger partial charge is 0.270 e. The number of aromatic nitrogens is 1. The van der Waals surface area contributed by atoms with E-state index in [4.69, 9.17) is 0 Å². The average Bonchev–Trinajstić information content (AvgIpc) is 2.93. The molecule has 1 amide bonds. The molecule has 86 valence electrons. The summed E-state index contributed by atoms with van der Waals surface area (Å²) in [6, 6.07) is 9.99. The predicted octanol–water partition coefficient (Wildman–Crippen LogP) is 2.93. The monoisotopic (exact) mass is 290 g/mol. The number of halogens is 1. The summed E-state index contributed by atoms with van der Waals surface area (Å²) in [5.74, 6) is 0.0481. The highest BCUT2D eigenvalue weighted by Crippen LogP contribution is 2.24. The van der Waals surface area contributed by atoms with E-state index in [0.29, 0.717) is 18.8 Å². The highest BCUT2D eigenvalue weighted by molar-refractivity contribution is 9.10. The number of aromatic amines is 1. The minimum Gasteiger partial charge on any atom is -0.356 e. The molecule has 0 saturated carbocycles. The normalized spacial score (nSPS) is 13.8. The molecule has 1 aromatic carbocycles. The van der Waals surface area contributed by atoms with Crippen LogP contribution < -0.4 is 0 Å². The zero-order valence-corrected chi connectivity index (χ0v) is 10.7. The van der Waals surface area contributed by atoms with Gasteiger partial charge in [-0.1, -0.05) is 24.3 Å². The van der Waals surface area contributed by atoms with Crippen LogP contribution in [0.25, 0.3) is 0 Å². The maximum absolute atomic E-state index is 12.2. The number of nitrogens with zero attached hydrogens (tertiary/aromatic N) is 1. The summed E-state index contributed by atoms with van der Waals surface area (Å²) in [6.45, 7) is 1.40. The summed E-state index contributed by atoms with van der Waals surface area (Å²) in [5.41, 5.74) is 3.11. The molecule has 2 aromatic rings. The number of hydrogen-bond donors (Lipinski definition) is 1. The number of carbonyl (C=O) groups is 1. The van der Waals surface area contributed by atoms with Crippen LogP contribution >= 0.6 is 15.9 Å². The van der Waals surface area contributed by atoms with E-state index >= 15 is 0 Å². The second-order valence-electron chi connectivity index (χ2n) is 4.16. The third-order valence-electron chi connectivity index (χ3n) is 3.01. The Morgan fingerprint density at radius 2 is 1.88 bits per heavy atom. The van der Waals surface area contributed by atoms with Crippen molar-refractivity contribution in [3.8, 4) is 0 Å². The van der Waals surface area contributed by atoms with E-state index in [1.807, 2.05) is 23.1 Å². The average molecular weight is 291 g/mol. The highest BCUT2D eigenvalue weighted by atomic mass is 79.9. The number of fused-ring (bicyclic) bond motifs is 1. The molecule has 0 radical (unpaired) electrons. The summed E-state index contributed by atoms with van der Waals surface area (Å²) in [5, 5.41) is 0. The zero-order chi connectivity index (χ0) is 11.8. The van der Waals surface area contributed by atoms with Crippen LogP contribution in [0.1, 0.15) is 21.6 Å². The first-order valence-electron chi connectivity index (χ1n) is 5.44. The van der Waals surface area contributed by atoms with Gasteiger partial charge in [-0.2, -0.15) is 0 Å². The molecule has 1 N–H and O–H groups in total. The molecular weight excluding hydrogens is 280 g/mol. The van der Waals surface area contributed by atoms with Gasteiger partial charge in [-0.05, 0) is 33.1 Å². The largest absolute Gasteiger partial charge is 0.356 e. The first kappa shape index (κ1) is 10.6. The molecular formula is C13H11BrN2O. The van der Waals surface area contributed by atoms with Crippen molar-refractivity contribution in [2.24, 2.45) is 0 Å². The molecule has 1 aromatic heterocycles. The molecule has 0 spiro atoms. The first-order valence-corrected chi connectivity index (χ1v) is 6.23. The summed E-state index contributed by atoms with van der Waals surface area (Å²) in [4.78, 5) is 17.0. The quantitative estimate of drug-likeness (QED) is 0.861. The first-order chi connectivity index (χ1) is 8.24. The molecule has 4 heteroatoms. The summed E-state index contributed by atoms with van der Waals surface area (Å²) in [6.07, 6.45) is 1.77. The Morgan fingerprint density at radius 1 is 1.24 bits per heavy atom. The standard InChI is InChI=1S/C13H11BrN2O/c14-11-5-12(15-6-11)13(17)16-7-9-3-1-2-4-10(9)8-16/h1-6,15H,7-8H2. The SMILES string of the molecule is O=C(c1cc(Br)c[nH]1)N1Cc2ccccc2C1.